The van der Waals surface area contributed by atoms with Gasteiger partial charge in [0.2, 0.25) is 0 Å². The van der Waals surface area contributed by atoms with Gasteiger partial charge in [0.15, 0.2) is 0 Å². The first-order chi connectivity index (χ1) is 26.8. The third-order valence-electron chi connectivity index (χ3n) is 10.5. The summed E-state index contributed by atoms with van der Waals surface area (Å²) in [6.45, 7) is 0. The van der Waals surface area contributed by atoms with Crippen LogP contribution in [0.3, 0.4) is 0 Å². The van der Waals surface area contributed by atoms with Gasteiger partial charge in [-0.2, -0.15) is 0 Å². The smallest absolute Gasteiger partial charge is 0.143 e. The first kappa shape index (κ1) is 31.6. The Morgan fingerprint density at radius 3 is 1.57 bits per heavy atom. The molecule has 0 atom stereocenters. The summed E-state index contributed by atoms with van der Waals surface area (Å²) >= 11 is 0. The number of anilines is 3. The zero-order valence-corrected chi connectivity index (χ0v) is 29.6. The van der Waals surface area contributed by atoms with E-state index in [1.165, 1.54) is 33.4 Å². The van der Waals surface area contributed by atoms with Crippen LogP contribution in [0.5, 0.6) is 0 Å². The average Bonchev–Trinajstić information content (AvgIpc) is 3.64. The van der Waals surface area contributed by atoms with Crippen LogP contribution in [-0.4, -0.2) is 0 Å². The van der Waals surface area contributed by atoms with E-state index in [0.717, 1.165) is 60.9 Å². The number of benzene rings is 9. The number of para-hydroxylation sites is 1. The molecule has 10 aromatic rings. The van der Waals surface area contributed by atoms with Crippen molar-refractivity contribution in [3.8, 4) is 44.5 Å². The lowest BCUT2D eigenvalue weighted by molar-refractivity contribution is 0.673. The molecule has 2 nitrogen and oxygen atoms in total. The van der Waals surface area contributed by atoms with E-state index < -0.39 is 0 Å². The molecule has 2 heteroatoms. The molecular weight excluding hydrogens is 655 g/mol. The number of nitrogens with zero attached hydrogens (tertiary/aromatic N) is 1. The van der Waals surface area contributed by atoms with E-state index in [1.807, 2.05) is 0 Å². The van der Waals surface area contributed by atoms with Crippen molar-refractivity contribution in [2.45, 2.75) is 0 Å². The molecule has 0 aliphatic carbocycles. The summed E-state index contributed by atoms with van der Waals surface area (Å²) in [7, 11) is 0. The van der Waals surface area contributed by atoms with Gasteiger partial charge in [0.25, 0.3) is 0 Å². The third kappa shape index (κ3) is 5.53. The largest absolute Gasteiger partial charge is 0.455 e. The summed E-state index contributed by atoms with van der Waals surface area (Å²) in [6, 6.07) is 75.7. The fourth-order valence-corrected chi connectivity index (χ4v) is 7.94. The molecule has 9 aromatic carbocycles. The highest BCUT2D eigenvalue weighted by Crippen LogP contribution is 2.47. The van der Waals surface area contributed by atoms with E-state index in [-0.39, 0.29) is 0 Å². The molecule has 0 spiro atoms. The van der Waals surface area contributed by atoms with E-state index in [9.17, 15) is 0 Å². The molecule has 54 heavy (non-hydrogen) atoms. The zero-order chi connectivity index (χ0) is 35.8. The minimum atomic E-state index is 0.875. The van der Waals surface area contributed by atoms with Crippen molar-refractivity contribution in [2.75, 3.05) is 4.90 Å². The maximum atomic E-state index is 6.82. The van der Waals surface area contributed by atoms with Gasteiger partial charge in [0.1, 0.15) is 11.2 Å². The van der Waals surface area contributed by atoms with Gasteiger partial charge in [-0.25, -0.2) is 0 Å². The van der Waals surface area contributed by atoms with Crippen LogP contribution in [0.4, 0.5) is 17.1 Å². The normalized spacial score (nSPS) is 11.3. The van der Waals surface area contributed by atoms with E-state index in [4.69, 9.17) is 4.42 Å². The highest BCUT2D eigenvalue weighted by molar-refractivity contribution is 6.23. The van der Waals surface area contributed by atoms with Crippen LogP contribution >= 0.6 is 0 Å². The minimum Gasteiger partial charge on any atom is -0.455 e. The maximum Gasteiger partial charge on any atom is 0.143 e. The molecule has 10 rings (SSSR count). The molecule has 0 amide bonds. The molecule has 1 heterocycles. The summed E-state index contributed by atoms with van der Waals surface area (Å²) in [5.74, 6) is 0. The highest BCUT2D eigenvalue weighted by atomic mass is 16.3. The SMILES string of the molecule is c1ccc(-c2ccc(-c3cccc(N(c4ccccc4)c4cc5c(oc6cccc(-c7ccccc7-c7ccccc7)c65)c5ccccc45)c3)cc2)cc1. The predicted molar refractivity (Wildman–Crippen MR) is 228 cm³/mol. The van der Waals surface area contributed by atoms with Gasteiger partial charge in [0.05, 0.1) is 5.69 Å². The molecule has 0 aliphatic rings. The van der Waals surface area contributed by atoms with E-state index in [1.54, 1.807) is 0 Å². The molecule has 0 saturated carbocycles. The van der Waals surface area contributed by atoms with Gasteiger partial charge < -0.3 is 9.32 Å². The lowest BCUT2D eigenvalue weighted by Crippen LogP contribution is -2.10. The fraction of sp³-hybridized carbons (Fsp3) is 0. The Labute approximate surface area is 314 Å². The first-order valence-corrected chi connectivity index (χ1v) is 18.4. The molecule has 0 fully saturated rings. The molecular formula is C52H35NO. The number of hydrogen-bond acceptors (Lipinski definition) is 2. The Balaban J connectivity index is 1.19. The molecule has 0 radical (unpaired) electrons. The van der Waals surface area contributed by atoms with Crippen LogP contribution in [0.1, 0.15) is 0 Å². The molecule has 254 valence electrons. The molecule has 0 N–H and O–H groups in total. The summed E-state index contributed by atoms with van der Waals surface area (Å²) in [5, 5.41) is 4.41. The monoisotopic (exact) mass is 689 g/mol. The number of fused-ring (bicyclic) bond motifs is 5. The second kappa shape index (κ2) is 13.4. The zero-order valence-electron chi connectivity index (χ0n) is 29.6. The van der Waals surface area contributed by atoms with Gasteiger partial charge in [-0.3, -0.25) is 0 Å². The van der Waals surface area contributed by atoms with Gasteiger partial charge >= 0.3 is 0 Å². The van der Waals surface area contributed by atoms with Gasteiger partial charge in [-0.05, 0) is 80.9 Å². The highest BCUT2D eigenvalue weighted by Gasteiger charge is 2.22. The lowest BCUT2D eigenvalue weighted by atomic mass is 9.91. The standard InChI is InChI=1S/C52H35NO/c1-4-16-36(17-5-1)37-30-32-38(33-31-37)40-20-14-23-42(34-40)53(41-21-8-3-9-22-41)49-35-48-51-46(44-25-11-10-24-43(44)39-18-6-2-7-19-39)28-15-29-50(51)54-52(48)47-27-13-12-26-45(47)49/h1-35H. The number of rotatable bonds is 7. The minimum absolute atomic E-state index is 0.875. The fourth-order valence-electron chi connectivity index (χ4n) is 7.94. The van der Waals surface area contributed by atoms with Crippen molar-refractivity contribution in [1.29, 1.82) is 0 Å². The van der Waals surface area contributed by atoms with Crippen molar-refractivity contribution in [3.63, 3.8) is 0 Å². The Morgan fingerprint density at radius 1 is 0.315 bits per heavy atom. The van der Waals surface area contributed by atoms with Crippen LogP contribution in [0.25, 0.3) is 77.2 Å². The summed E-state index contributed by atoms with van der Waals surface area (Å²) in [6.07, 6.45) is 0. The topological polar surface area (TPSA) is 16.4 Å². The lowest BCUT2D eigenvalue weighted by Gasteiger charge is -2.27. The van der Waals surface area contributed by atoms with Crippen LogP contribution in [0.15, 0.2) is 217 Å². The third-order valence-corrected chi connectivity index (χ3v) is 10.5. The molecule has 0 unspecified atom stereocenters. The maximum absolute atomic E-state index is 6.82. The Morgan fingerprint density at radius 2 is 0.833 bits per heavy atom. The Bertz CT molecular complexity index is 2910. The molecule has 1 aromatic heterocycles. The van der Waals surface area contributed by atoms with E-state index in [0.29, 0.717) is 0 Å². The predicted octanol–water partition coefficient (Wildman–Crippen LogP) is 14.9. The Hall–Kier alpha value is -7.16. The summed E-state index contributed by atoms with van der Waals surface area (Å²) < 4.78 is 6.82. The molecule has 0 aliphatic heterocycles. The second-order valence-corrected chi connectivity index (χ2v) is 13.7. The van der Waals surface area contributed by atoms with Crippen molar-refractivity contribution in [2.24, 2.45) is 0 Å². The van der Waals surface area contributed by atoms with Crippen LogP contribution in [0.2, 0.25) is 0 Å². The van der Waals surface area contributed by atoms with E-state index in [2.05, 4.69) is 217 Å². The quantitative estimate of drug-likeness (QED) is 0.166. The summed E-state index contributed by atoms with van der Waals surface area (Å²) in [4.78, 5) is 2.39. The van der Waals surface area contributed by atoms with Crippen molar-refractivity contribution >= 4 is 49.8 Å². The second-order valence-electron chi connectivity index (χ2n) is 13.7. The van der Waals surface area contributed by atoms with Crippen LogP contribution in [-0.2, 0) is 0 Å². The molecule has 0 saturated heterocycles. The summed E-state index contributed by atoms with van der Waals surface area (Å²) in [5.41, 5.74) is 14.5. The number of furan rings is 1. The molecule has 0 bridgehead atoms. The van der Waals surface area contributed by atoms with Crippen LogP contribution < -0.4 is 4.90 Å². The first-order valence-electron chi connectivity index (χ1n) is 18.4. The van der Waals surface area contributed by atoms with Gasteiger partial charge in [-0.15, -0.1) is 0 Å². The van der Waals surface area contributed by atoms with Crippen molar-refractivity contribution in [1.82, 2.24) is 0 Å². The number of hydrogen-bond donors (Lipinski definition) is 0. The average molecular weight is 690 g/mol. The van der Waals surface area contributed by atoms with Gasteiger partial charge in [0, 0.05) is 32.9 Å². The van der Waals surface area contributed by atoms with Gasteiger partial charge in [-0.1, -0.05) is 176 Å². The Kier molecular flexibility index (Phi) is 7.85. The van der Waals surface area contributed by atoms with Crippen LogP contribution in [0, 0.1) is 0 Å². The van der Waals surface area contributed by atoms with E-state index >= 15 is 0 Å². The van der Waals surface area contributed by atoms with Crippen molar-refractivity contribution < 1.29 is 4.42 Å². The van der Waals surface area contributed by atoms with Crippen molar-refractivity contribution in [3.05, 3.63) is 212 Å².